The van der Waals surface area contributed by atoms with E-state index in [0.717, 1.165) is 22.2 Å². The second kappa shape index (κ2) is 7.67. The summed E-state index contributed by atoms with van der Waals surface area (Å²) in [7, 11) is 0. The van der Waals surface area contributed by atoms with Crippen LogP contribution in [0.1, 0.15) is 21.8 Å². The predicted octanol–water partition coefficient (Wildman–Crippen LogP) is 4.55. The molecule has 4 rings (SSSR count). The smallest absolute Gasteiger partial charge is 0.307 e. The molecular formula is C22H18N4O4. The molecule has 0 fully saturated rings. The number of para-hydroxylation sites is 1. The lowest BCUT2D eigenvalue weighted by Crippen LogP contribution is -2.16. The Hall–Kier alpha value is -4.20. The maximum Gasteiger partial charge on any atom is 0.307 e. The van der Waals surface area contributed by atoms with Crippen LogP contribution in [0.2, 0.25) is 0 Å². The lowest BCUT2D eigenvalue weighted by Gasteiger charge is -2.03. The summed E-state index contributed by atoms with van der Waals surface area (Å²) < 4.78 is 7.60. The van der Waals surface area contributed by atoms with Crippen LogP contribution in [0.5, 0.6) is 0 Å². The molecule has 0 saturated carbocycles. The van der Waals surface area contributed by atoms with Gasteiger partial charge < -0.3 is 8.98 Å². The molecule has 0 spiro atoms. The standard InChI is InChI=1S/C22H18N4O4/c1-3-10-25-14(2)18(17-6-4-5-7-19(17)25)13-23-24-22(27)21-12-15-11-16(26(28)29)8-9-20(15)30-21/h3-9,11-13H,1,10H2,2H3,(H,24,27)/b23-13+. The molecule has 1 N–H and O–H groups in total. The van der Waals surface area contributed by atoms with E-state index in [1.54, 1.807) is 6.21 Å². The van der Waals surface area contributed by atoms with Crippen molar-refractivity contribution < 1.29 is 14.1 Å². The minimum atomic E-state index is -0.544. The molecule has 1 amide bonds. The fourth-order valence-electron chi connectivity index (χ4n) is 3.45. The third-order valence-electron chi connectivity index (χ3n) is 4.89. The number of non-ortho nitro benzene ring substituents is 1. The van der Waals surface area contributed by atoms with Crippen molar-refractivity contribution in [1.82, 2.24) is 9.99 Å². The lowest BCUT2D eigenvalue weighted by molar-refractivity contribution is -0.384. The number of furan rings is 1. The van der Waals surface area contributed by atoms with E-state index in [9.17, 15) is 14.9 Å². The summed E-state index contributed by atoms with van der Waals surface area (Å²) in [6, 6.07) is 13.5. The van der Waals surface area contributed by atoms with Crippen LogP contribution in [0, 0.1) is 17.0 Å². The fraction of sp³-hybridized carbons (Fsp3) is 0.0909. The van der Waals surface area contributed by atoms with Gasteiger partial charge in [-0.2, -0.15) is 5.10 Å². The summed E-state index contributed by atoms with van der Waals surface area (Å²) in [5.74, 6) is -0.522. The SMILES string of the molecule is C=CCn1c(C)c(/C=N/NC(=O)c2cc3cc([N+](=O)[O-])ccc3o2)c2ccccc21. The second-order valence-electron chi connectivity index (χ2n) is 6.70. The summed E-state index contributed by atoms with van der Waals surface area (Å²) in [6.07, 6.45) is 3.43. The van der Waals surface area contributed by atoms with Crippen molar-refractivity contribution in [3.05, 3.63) is 88.3 Å². The summed E-state index contributed by atoms with van der Waals surface area (Å²) in [5.41, 5.74) is 5.73. The summed E-state index contributed by atoms with van der Waals surface area (Å²) in [6.45, 7) is 6.46. The van der Waals surface area contributed by atoms with E-state index in [1.807, 2.05) is 37.3 Å². The molecule has 0 bridgehead atoms. The Labute approximate surface area is 171 Å². The topological polar surface area (TPSA) is 103 Å². The Kier molecular flexibility index (Phi) is 4.89. The largest absolute Gasteiger partial charge is 0.451 e. The van der Waals surface area contributed by atoms with E-state index >= 15 is 0 Å². The summed E-state index contributed by atoms with van der Waals surface area (Å²) >= 11 is 0. The number of hydrazone groups is 1. The number of rotatable bonds is 6. The number of nitro benzene ring substituents is 1. The predicted molar refractivity (Wildman–Crippen MR) is 115 cm³/mol. The molecule has 0 aliphatic rings. The highest BCUT2D eigenvalue weighted by molar-refractivity contribution is 6.02. The highest BCUT2D eigenvalue weighted by Gasteiger charge is 2.15. The molecule has 2 aromatic carbocycles. The molecule has 0 saturated heterocycles. The maximum absolute atomic E-state index is 12.4. The highest BCUT2D eigenvalue weighted by atomic mass is 16.6. The number of carbonyl (C=O) groups excluding carboxylic acids is 1. The van der Waals surface area contributed by atoms with Crippen LogP contribution >= 0.6 is 0 Å². The van der Waals surface area contributed by atoms with E-state index in [4.69, 9.17) is 4.42 Å². The first-order valence-corrected chi connectivity index (χ1v) is 9.19. The van der Waals surface area contributed by atoms with Gasteiger partial charge >= 0.3 is 5.91 Å². The lowest BCUT2D eigenvalue weighted by atomic mass is 10.1. The van der Waals surface area contributed by atoms with Gasteiger partial charge in [0.15, 0.2) is 5.76 Å². The average Bonchev–Trinajstić information content (AvgIpc) is 3.28. The Morgan fingerprint density at radius 2 is 2.10 bits per heavy atom. The van der Waals surface area contributed by atoms with Crippen LogP contribution in [-0.2, 0) is 6.54 Å². The monoisotopic (exact) mass is 402 g/mol. The second-order valence-corrected chi connectivity index (χ2v) is 6.70. The van der Waals surface area contributed by atoms with E-state index in [1.165, 1.54) is 24.3 Å². The number of allylic oxidation sites excluding steroid dienone is 1. The number of benzene rings is 2. The fourth-order valence-corrected chi connectivity index (χ4v) is 3.45. The summed E-state index contributed by atoms with van der Waals surface area (Å²) in [4.78, 5) is 22.8. The number of hydrogen-bond donors (Lipinski definition) is 1. The van der Waals surface area contributed by atoms with Gasteiger partial charge in [0.1, 0.15) is 5.58 Å². The van der Waals surface area contributed by atoms with Gasteiger partial charge in [-0.1, -0.05) is 24.3 Å². The number of nitrogens with one attached hydrogen (secondary N) is 1. The molecule has 0 aliphatic heterocycles. The Balaban J connectivity index is 1.58. The number of carbonyl (C=O) groups is 1. The van der Waals surface area contributed by atoms with Crippen molar-refractivity contribution in [2.75, 3.05) is 0 Å². The van der Waals surface area contributed by atoms with E-state index in [-0.39, 0.29) is 11.4 Å². The summed E-state index contributed by atoms with van der Waals surface area (Å²) in [5, 5.41) is 16.5. The Morgan fingerprint density at radius 3 is 2.87 bits per heavy atom. The molecule has 8 nitrogen and oxygen atoms in total. The maximum atomic E-state index is 12.4. The van der Waals surface area contributed by atoms with Crippen molar-refractivity contribution in [3.63, 3.8) is 0 Å². The van der Waals surface area contributed by atoms with Crippen LogP contribution in [0.25, 0.3) is 21.9 Å². The van der Waals surface area contributed by atoms with Crippen molar-refractivity contribution in [3.8, 4) is 0 Å². The zero-order valence-corrected chi connectivity index (χ0v) is 16.2. The van der Waals surface area contributed by atoms with Crippen LogP contribution in [0.15, 0.2) is 70.7 Å². The first kappa shape index (κ1) is 19.1. The zero-order valence-electron chi connectivity index (χ0n) is 16.2. The number of hydrogen-bond acceptors (Lipinski definition) is 5. The molecule has 0 unspecified atom stereocenters. The first-order valence-electron chi connectivity index (χ1n) is 9.19. The molecular weight excluding hydrogens is 384 g/mol. The molecule has 4 aromatic rings. The average molecular weight is 402 g/mol. The van der Waals surface area contributed by atoms with Crippen LogP contribution in [0.4, 0.5) is 5.69 Å². The van der Waals surface area contributed by atoms with Crippen molar-refractivity contribution >= 4 is 39.7 Å². The van der Waals surface area contributed by atoms with Gasteiger partial charge in [0.25, 0.3) is 5.69 Å². The zero-order chi connectivity index (χ0) is 21.3. The molecule has 0 radical (unpaired) electrons. The number of amides is 1. The molecule has 0 atom stereocenters. The molecule has 8 heteroatoms. The molecule has 30 heavy (non-hydrogen) atoms. The van der Waals surface area contributed by atoms with Crippen molar-refractivity contribution in [2.24, 2.45) is 5.10 Å². The van der Waals surface area contributed by atoms with E-state index in [2.05, 4.69) is 21.7 Å². The van der Waals surface area contributed by atoms with E-state index in [0.29, 0.717) is 17.5 Å². The Bertz CT molecular complexity index is 1330. The van der Waals surface area contributed by atoms with Gasteiger partial charge in [0.2, 0.25) is 0 Å². The number of nitro groups is 1. The third kappa shape index (κ3) is 3.35. The van der Waals surface area contributed by atoms with Crippen molar-refractivity contribution in [2.45, 2.75) is 13.5 Å². The quantitative estimate of drug-likeness (QED) is 0.221. The van der Waals surface area contributed by atoms with Crippen molar-refractivity contribution in [1.29, 1.82) is 0 Å². The normalized spacial score (nSPS) is 11.4. The van der Waals surface area contributed by atoms with Crippen LogP contribution in [0.3, 0.4) is 0 Å². The highest BCUT2D eigenvalue weighted by Crippen LogP contribution is 2.25. The van der Waals surface area contributed by atoms with Crippen LogP contribution < -0.4 is 5.43 Å². The minimum absolute atomic E-state index is 0.0217. The van der Waals surface area contributed by atoms with Gasteiger partial charge in [0.05, 0.1) is 11.1 Å². The molecule has 2 heterocycles. The van der Waals surface area contributed by atoms with Gasteiger partial charge in [-0.3, -0.25) is 14.9 Å². The number of nitrogens with zero attached hydrogens (tertiary/aromatic N) is 3. The number of aromatic nitrogens is 1. The third-order valence-corrected chi connectivity index (χ3v) is 4.89. The van der Waals surface area contributed by atoms with Gasteiger partial charge in [0, 0.05) is 46.2 Å². The van der Waals surface area contributed by atoms with Crippen LogP contribution in [-0.4, -0.2) is 21.6 Å². The molecule has 0 aliphatic carbocycles. The Morgan fingerprint density at radius 1 is 1.30 bits per heavy atom. The van der Waals surface area contributed by atoms with E-state index < -0.39 is 10.8 Å². The minimum Gasteiger partial charge on any atom is -0.451 e. The first-order chi connectivity index (χ1) is 14.5. The number of fused-ring (bicyclic) bond motifs is 2. The van der Waals surface area contributed by atoms with Gasteiger partial charge in [-0.15, -0.1) is 6.58 Å². The van der Waals surface area contributed by atoms with Gasteiger partial charge in [-0.05, 0) is 25.1 Å². The molecule has 2 aromatic heterocycles. The molecule has 150 valence electrons. The van der Waals surface area contributed by atoms with Gasteiger partial charge in [-0.25, -0.2) is 5.43 Å².